The third-order valence-electron chi connectivity index (χ3n) is 5.68. The molecule has 2 amide bonds. The van der Waals surface area contributed by atoms with Gasteiger partial charge in [-0.2, -0.15) is 10.2 Å². The molecule has 2 N–H and O–H groups in total. The number of hydrogen-bond acceptors (Lipinski definition) is 6. The molecule has 1 atom stereocenters. The van der Waals surface area contributed by atoms with Crippen LogP contribution in [-0.4, -0.2) is 53.8 Å². The van der Waals surface area contributed by atoms with Crippen LogP contribution in [0.3, 0.4) is 0 Å². The third-order valence-corrected chi connectivity index (χ3v) is 5.68. The number of urea groups is 1. The Labute approximate surface area is 193 Å². The van der Waals surface area contributed by atoms with Gasteiger partial charge in [-0.25, -0.2) is 9.80 Å². The zero-order valence-electron chi connectivity index (χ0n) is 19.4. The highest BCUT2D eigenvalue weighted by molar-refractivity contribution is 6.14. The molecular formula is C24H28N6O3. The summed E-state index contributed by atoms with van der Waals surface area (Å²) in [5.41, 5.74) is 4.41. The number of anilines is 2. The van der Waals surface area contributed by atoms with Crippen molar-refractivity contribution >= 4 is 23.2 Å². The quantitative estimate of drug-likeness (QED) is 0.623. The Morgan fingerprint density at radius 3 is 2.39 bits per heavy atom. The average molecular weight is 449 g/mol. The van der Waals surface area contributed by atoms with E-state index in [0.717, 1.165) is 28.2 Å². The number of nitrogens with zero attached hydrogens (tertiary/aromatic N) is 4. The van der Waals surface area contributed by atoms with E-state index in [1.165, 1.54) is 5.01 Å². The van der Waals surface area contributed by atoms with Crippen molar-refractivity contribution < 1.29 is 14.3 Å². The lowest BCUT2D eigenvalue weighted by atomic mass is 9.94. The number of nitrogens with one attached hydrogen (secondary N) is 2. The second kappa shape index (κ2) is 9.23. The maximum atomic E-state index is 12.6. The van der Waals surface area contributed by atoms with E-state index in [1.54, 1.807) is 32.1 Å². The highest BCUT2D eigenvalue weighted by atomic mass is 16.5. The highest BCUT2D eigenvalue weighted by Gasteiger charge is 2.28. The van der Waals surface area contributed by atoms with Crippen molar-refractivity contribution in [2.24, 2.45) is 12.1 Å². The number of methoxy groups -OCH3 is 2. The molecule has 2 aromatic carbocycles. The molecule has 9 nitrogen and oxygen atoms in total. The van der Waals surface area contributed by atoms with Gasteiger partial charge in [0.05, 0.1) is 32.2 Å². The van der Waals surface area contributed by atoms with Crippen LogP contribution in [0.2, 0.25) is 0 Å². The van der Waals surface area contributed by atoms with Gasteiger partial charge in [0.25, 0.3) is 0 Å². The summed E-state index contributed by atoms with van der Waals surface area (Å²) >= 11 is 0. The van der Waals surface area contributed by atoms with E-state index in [4.69, 9.17) is 14.6 Å². The summed E-state index contributed by atoms with van der Waals surface area (Å²) in [4.78, 5) is 12.6. The standard InChI is InChI=1S/C24H28N6O3/c1-15-12-17-13-20(32-4)21(33-5)14-19(17)23(28-30(15)24(31)25-2)16-6-8-18(9-7-16)27-22-10-11-26-29(22)3/h6-11,13-15,27H,12H2,1-5H3,(H,25,31)/t15-/m0/s1. The Kier molecular flexibility index (Phi) is 6.21. The minimum absolute atomic E-state index is 0.148. The minimum atomic E-state index is -0.263. The zero-order valence-corrected chi connectivity index (χ0v) is 19.4. The first-order valence-corrected chi connectivity index (χ1v) is 10.7. The molecule has 3 aromatic rings. The van der Waals surface area contributed by atoms with Crippen LogP contribution in [0.25, 0.3) is 0 Å². The fourth-order valence-corrected chi connectivity index (χ4v) is 3.90. The molecule has 1 aliphatic rings. The second-order valence-electron chi connectivity index (χ2n) is 7.81. The molecule has 0 unspecified atom stereocenters. The third kappa shape index (κ3) is 4.34. The topological polar surface area (TPSA) is 93.0 Å². The number of aromatic nitrogens is 2. The number of fused-ring (bicyclic) bond motifs is 1. The SMILES string of the molecule is CNC(=O)N1N=C(c2ccc(Nc3ccnn3C)cc2)c2cc(OC)c(OC)cc2C[C@@H]1C. The van der Waals surface area contributed by atoms with Crippen LogP contribution in [0.1, 0.15) is 23.6 Å². The van der Waals surface area contributed by atoms with E-state index in [-0.39, 0.29) is 12.1 Å². The molecule has 0 radical (unpaired) electrons. The number of benzene rings is 2. The number of carbonyl (C=O) groups excluding carboxylic acids is 1. The van der Waals surface area contributed by atoms with Gasteiger partial charge in [0.1, 0.15) is 5.82 Å². The summed E-state index contributed by atoms with van der Waals surface area (Å²) in [6.45, 7) is 1.98. The number of rotatable bonds is 5. The van der Waals surface area contributed by atoms with Crippen molar-refractivity contribution in [2.75, 3.05) is 26.6 Å². The number of ether oxygens (including phenoxy) is 2. The van der Waals surface area contributed by atoms with Gasteiger partial charge in [0.2, 0.25) is 0 Å². The van der Waals surface area contributed by atoms with Crippen molar-refractivity contribution in [1.29, 1.82) is 0 Å². The molecule has 2 heterocycles. The summed E-state index contributed by atoms with van der Waals surface area (Å²) in [6, 6.07) is 13.3. The molecule has 0 saturated carbocycles. The Hall–Kier alpha value is -4.01. The first-order chi connectivity index (χ1) is 15.9. The molecular weight excluding hydrogens is 420 g/mol. The Balaban J connectivity index is 1.79. The monoisotopic (exact) mass is 448 g/mol. The maximum Gasteiger partial charge on any atom is 0.337 e. The van der Waals surface area contributed by atoms with Gasteiger partial charge in [-0.05, 0) is 43.2 Å². The Morgan fingerprint density at radius 1 is 1.09 bits per heavy atom. The number of hydrogen-bond donors (Lipinski definition) is 2. The highest BCUT2D eigenvalue weighted by Crippen LogP contribution is 2.34. The maximum absolute atomic E-state index is 12.6. The molecule has 33 heavy (non-hydrogen) atoms. The molecule has 9 heteroatoms. The van der Waals surface area contributed by atoms with Crippen LogP contribution >= 0.6 is 0 Å². The van der Waals surface area contributed by atoms with Crippen LogP contribution < -0.4 is 20.1 Å². The number of aryl methyl sites for hydroxylation is 1. The van der Waals surface area contributed by atoms with Crippen molar-refractivity contribution in [3.05, 3.63) is 65.4 Å². The molecule has 0 saturated heterocycles. The van der Waals surface area contributed by atoms with Crippen LogP contribution in [0.4, 0.5) is 16.3 Å². The molecule has 0 aliphatic carbocycles. The molecule has 0 spiro atoms. The average Bonchev–Trinajstić information content (AvgIpc) is 3.17. The fraction of sp³-hybridized carbons (Fsp3) is 0.292. The zero-order chi connectivity index (χ0) is 23.5. The van der Waals surface area contributed by atoms with Gasteiger partial charge in [0.15, 0.2) is 11.5 Å². The first kappa shape index (κ1) is 22.2. The summed E-state index contributed by atoms with van der Waals surface area (Å²) in [5.74, 6) is 2.14. The number of hydrazone groups is 1. The van der Waals surface area contributed by atoms with Gasteiger partial charge in [-0.1, -0.05) is 12.1 Å². The number of amides is 2. The molecule has 1 aliphatic heterocycles. The van der Waals surface area contributed by atoms with E-state index in [1.807, 2.05) is 56.4 Å². The van der Waals surface area contributed by atoms with E-state index in [0.29, 0.717) is 23.6 Å². The lowest BCUT2D eigenvalue weighted by Crippen LogP contribution is -2.41. The van der Waals surface area contributed by atoms with E-state index >= 15 is 0 Å². The smallest absolute Gasteiger partial charge is 0.337 e. The molecule has 0 bridgehead atoms. The minimum Gasteiger partial charge on any atom is -0.493 e. The van der Waals surface area contributed by atoms with E-state index in [9.17, 15) is 4.79 Å². The first-order valence-electron chi connectivity index (χ1n) is 10.7. The van der Waals surface area contributed by atoms with Gasteiger partial charge >= 0.3 is 6.03 Å². The lowest BCUT2D eigenvalue weighted by molar-refractivity contribution is 0.184. The molecule has 0 fully saturated rings. The second-order valence-corrected chi connectivity index (χ2v) is 7.81. The summed E-state index contributed by atoms with van der Waals surface area (Å²) < 4.78 is 12.8. The van der Waals surface area contributed by atoms with Crippen LogP contribution in [0.15, 0.2) is 53.8 Å². The van der Waals surface area contributed by atoms with Crippen LogP contribution in [-0.2, 0) is 13.5 Å². The largest absolute Gasteiger partial charge is 0.493 e. The van der Waals surface area contributed by atoms with Gasteiger partial charge in [-0.3, -0.25) is 4.68 Å². The molecule has 172 valence electrons. The Bertz CT molecular complexity index is 1190. The predicted molar refractivity (Wildman–Crippen MR) is 128 cm³/mol. The van der Waals surface area contributed by atoms with E-state index < -0.39 is 0 Å². The van der Waals surface area contributed by atoms with E-state index in [2.05, 4.69) is 15.7 Å². The summed E-state index contributed by atoms with van der Waals surface area (Å²) in [5, 5.41) is 16.5. The molecule has 4 rings (SSSR count). The van der Waals surface area contributed by atoms with Crippen molar-refractivity contribution in [2.45, 2.75) is 19.4 Å². The molecule has 1 aromatic heterocycles. The van der Waals surface area contributed by atoms with Crippen LogP contribution in [0.5, 0.6) is 11.5 Å². The van der Waals surface area contributed by atoms with Crippen LogP contribution in [0, 0.1) is 0 Å². The predicted octanol–water partition coefficient (Wildman–Crippen LogP) is 3.52. The number of carbonyl (C=O) groups is 1. The van der Waals surface area contributed by atoms with Crippen molar-refractivity contribution in [3.63, 3.8) is 0 Å². The lowest BCUT2D eigenvalue weighted by Gasteiger charge is -2.22. The van der Waals surface area contributed by atoms with Gasteiger partial charge in [-0.15, -0.1) is 0 Å². The Morgan fingerprint density at radius 2 is 1.79 bits per heavy atom. The summed E-state index contributed by atoms with van der Waals surface area (Å²) in [6.07, 6.45) is 2.36. The van der Waals surface area contributed by atoms with Gasteiger partial charge in [0, 0.05) is 37.0 Å². The van der Waals surface area contributed by atoms with Gasteiger partial charge < -0.3 is 20.1 Å². The van der Waals surface area contributed by atoms with Crippen molar-refractivity contribution in [3.8, 4) is 11.5 Å². The van der Waals surface area contributed by atoms with Crippen molar-refractivity contribution in [1.82, 2.24) is 20.1 Å². The fourth-order valence-electron chi connectivity index (χ4n) is 3.90. The summed E-state index contributed by atoms with van der Waals surface area (Å²) in [7, 11) is 6.71. The normalized spacial score (nSPS) is 15.2.